The quantitative estimate of drug-likeness (QED) is 0.809. The number of alkyl halides is 1. The number of hydrogen-bond acceptors (Lipinski definition) is 3. The highest BCUT2D eigenvalue weighted by molar-refractivity contribution is 5.54. The molecule has 0 saturated carbocycles. The number of rotatable bonds is 5. The molecule has 16 heavy (non-hydrogen) atoms. The van der Waals surface area contributed by atoms with Gasteiger partial charge in [-0.1, -0.05) is 6.07 Å². The van der Waals surface area contributed by atoms with E-state index in [-0.39, 0.29) is 5.75 Å². The van der Waals surface area contributed by atoms with Gasteiger partial charge in [0.05, 0.1) is 6.04 Å². The van der Waals surface area contributed by atoms with Crippen LogP contribution in [0.15, 0.2) is 18.2 Å². The first-order chi connectivity index (χ1) is 7.63. The van der Waals surface area contributed by atoms with Crippen LogP contribution in [-0.4, -0.2) is 24.9 Å². The summed E-state index contributed by atoms with van der Waals surface area (Å²) in [5, 5.41) is 9.76. The van der Waals surface area contributed by atoms with Crippen molar-refractivity contribution in [1.82, 2.24) is 0 Å². The smallest absolute Gasteiger partial charge is 0.122 e. The van der Waals surface area contributed by atoms with Crippen LogP contribution in [0.5, 0.6) is 5.75 Å². The zero-order valence-corrected chi connectivity index (χ0v) is 9.78. The molecular weight excluding hydrogens is 207 g/mol. The standard InChI is InChI=1S/C12H19FN2O/c1-3-15(4-2)9-5-6-10(11(14)8-13)12(16)7-9/h5-7,11,16H,3-4,8,14H2,1-2H3/t11-/m1/s1. The fourth-order valence-corrected chi connectivity index (χ4v) is 1.71. The average molecular weight is 226 g/mol. The van der Waals surface area contributed by atoms with Crippen molar-refractivity contribution in [1.29, 1.82) is 0 Å². The first-order valence-electron chi connectivity index (χ1n) is 5.53. The van der Waals surface area contributed by atoms with E-state index in [1.807, 2.05) is 19.9 Å². The maximum Gasteiger partial charge on any atom is 0.122 e. The maximum absolute atomic E-state index is 12.4. The highest BCUT2D eigenvalue weighted by atomic mass is 19.1. The van der Waals surface area contributed by atoms with Gasteiger partial charge in [-0.25, -0.2) is 4.39 Å². The Kier molecular flexibility index (Phi) is 4.55. The summed E-state index contributed by atoms with van der Waals surface area (Å²) in [6.45, 7) is 5.15. The molecule has 0 spiro atoms. The van der Waals surface area contributed by atoms with Gasteiger partial charge in [0.1, 0.15) is 12.4 Å². The second-order valence-corrected chi connectivity index (χ2v) is 3.68. The molecule has 1 aromatic carbocycles. The van der Waals surface area contributed by atoms with Gasteiger partial charge in [-0.3, -0.25) is 0 Å². The summed E-state index contributed by atoms with van der Waals surface area (Å²) in [6, 6.07) is 4.44. The van der Waals surface area contributed by atoms with Crippen molar-refractivity contribution in [2.45, 2.75) is 19.9 Å². The third kappa shape index (κ3) is 2.64. The Morgan fingerprint density at radius 2 is 2.00 bits per heavy atom. The molecule has 0 aromatic heterocycles. The van der Waals surface area contributed by atoms with E-state index in [2.05, 4.69) is 4.90 Å². The molecule has 0 fully saturated rings. The monoisotopic (exact) mass is 226 g/mol. The molecule has 0 saturated heterocycles. The molecule has 3 nitrogen and oxygen atoms in total. The van der Waals surface area contributed by atoms with E-state index in [0.717, 1.165) is 18.8 Å². The van der Waals surface area contributed by atoms with Gasteiger partial charge in [0.15, 0.2) is 0 Å². The Bertz CT molecular complexity index is 340. The summed E-state index contributed by atoms with van der Waals surface area (Å²) >= 11 is 0. The molecule has 1 rings (SSSR count). The number of nitrogens with two attached hydrogens (primary N) is 1. The molecule has 4 heteroatoms. The predicted molar refractivity (Wildman–Crippen MR) is 64.6 cm³/mol. The Balaban J connectivity index is 2.98. The zero-order valence-electron chi connectivity index (χ0n) is 9.78. The summed E-state index contributed by atoms with van der Waals surface area (Å²) in [5.74, 6) is 0.0644. The molecule has 1 aromatic rings. The van der Waals surface area contributed by atoms with Crippen LogP contribution in [0.25, 0.3) is 0 Å². The molecule has 0 heterocycles. The van der Waals surface area contributed by atoms with Crippen LogP contribution in [0, 0.1) is 0 Å². The Morgan fingerprint density at radius 1 is 1.38 bits per heavy atom. The first kappa shape index (κ1) is 12.8. The van der Waals surface area contributed by atoms with Crippen molar-refractivity contribution in [3.05, 3.63) is 23.8 Å². The van der Waals surface area contributed by atoms with Crippen LogP contribution in [0.1, 0.15) is 25.5 Å². The van der Waals surface area contributed by atoms with Crippen molar-refractivity contribution in [2.75, 3.05) is 24.7 Å². The number of phenolic OH excluding ortho intramolecular Hbond substituents is 1. The molecule has 1 atom stereocenters. The van der Waals surface area contributed by atoms with Crippen molar-refractivity contribution in [3.63, 3.8) is 0 Å². The second kappa shape index (κ2) is 5.70. The van der Waals surface area contributed by atoms with E-state index in [1.54, 1.807) is 12.1 Å². The Hall–Kier alpha value is -1.29. The van der Waals surface area contributed by atoms with Crippen LogP contribution in [0.2, 0.25) is 0 Å². The minimum absolute atomic E-state index is 0.0644. The molecular formula is C12H19FN2O. The van der Waals surface area contributed by atoms with E-state index in [4.69, 9.17) is 5.73 Å². The summed E-state index contributed by atoms with van der Waals surface area (Å²) < 4.78 is 12.4. The summed E-state index contributed by atoms with van der Waals surface area (Å²) in [4.78, 5) is 2.10. The molecule has 0 aliphatic rings. The van der Waals surface area contributed by atoms with E-state index >= 15 is 0 Å². The summed E-state index contributed by atoms with van der Waals surface area (Å²) in [7, 11) is 0. The molecule has 0 bridgehead atoms. The fourth-order valence-electron chi connectivity index (χ4n) is 1.71. The molecule has 0 amide bonds. The summed E-state index contributed by atoms with van der Waals surface area (Å²) in [6.07, 6.45) is 0. The zero-order chi connectivity index (χ0) is 12.1. The van der Waals surface area contributed by atoms with E-state index in [1.165, 1.54) is 0 Å². The van der Waals surface area contributed by atoms with Crippen LogP contribution < -0.4 is 10.6 Å². The van der Waals surface area contributed by atoms with Gasteiger partial charge in [0, 0.05) is 30.4 Å². The van der Waals surface area contributed by atoms with Crippen LogP contribution in [0.3, 0.4) is 0 Å². The van der Waals surface area contributed by atoms with Crippen LogP contribution >= 0.6 is 0 Å². The Labute approximate surface area is 95.7 Å². The average Bonchev–Trinajstić information content (AvgIpc) is 2.30. The number of phenols is 1. The number of halogens is 1. The number of hydrogen-bond donors (Lipinski definition) is 2. The normalized spacial score (nSPS) is 12.5. The lowest BCUT2D eigenvalue weighted by molar-refractivity contribution is 0.414. The molecule has 0 unspecified atom stereocenters. The maximum atomic E-state index is 12.4. The van der Waals surface area contributed by atoms with Crippen LogP contribution in [0.4, 0.5) is 10.1 Å². The molecule has 0 aliphatic heterocycles. The van der Waals surface area contributed by atoms with Crippen LogP contribution in [-0.2, 0) is 0 Å². The van der Waals surface area contributed by atoms with Gasteiger partial charge in [0.25, 0.3) is 0 Å². The number of aromatic hydroxyl groups is 1. The van der Waals surface area contributed by atoms with Gasteiger partial charge in [0.2, 0.25) is 0 Å². The van der Waals surface area contributed by atoms with E-state index in [9.17, 15) is 9.50 Å². The van der Waals surface area contributed by atoms with Crippen molar-refractivity contribution >= 4 is 5.69 Å². The highest BCUT2D eigenvalue weighted by Crippen LogP contribution is 2.28. The van der Waals surface area contributed by atoms with Gasteiger partial charge >= 0.3 is 0 Å². The number of nitrogens with zero attached hydrogens (tertiary/aromatic N) is 1. The summed E-state index contributed by atoms with van der Waals surface area (Å²) in [5.41, 5.74) is 6.92. The minimum atomic E-state index is -0.745. The lowest BCUT2D eigenvalue weighted by Gasteiger charge is -2.22. The third-order valence-corrected chi connectivity index (χ3v) is 2.71. The SMILES string of the molecule is CCN(CC)c1ccc([C@H](N)CF)c(O)c1. The number of anilines is 1. The lowest BCUT2D eigenvalue weighted by atomic mass is 10.1. The van der Waals surface area contributed by atoms with Gasteiger partial charge < -0.3 is 15.7 Å². The fraction of sp³-hybridized carbons (Fsp3) is 0.500. The first-order valence-corrected chi connectivity index (χ1v) is 5.53. The van der Waals surface area contributed by atoms with Gasteiger partial charge in [-0.05, 0) is 19.9 Å². The largest absolute Gasteiger partial charge is 0.508 e. The predicted octanol–water partition coefficient (Wildman–Crippen LogP) is 2.21. The van der Waals surface area contributed by atoms with Crippen molar-refractivity contribution in [3.8, 4) is 5.75 Å². The molecule has 0 radical (unpaired) electrons. The van der Waals surface area contributed by atoms with Gasteiger partial charge in [-0.2, -0.15) is 0 Å². The van der Waals surface area contributed by atoms with Crippen molar-refractivity contribution in [2.24, 2.45) is 5.73 Å². The minimum Gasteiger partial charge on any atom is -0.508 e. The number of benzene rings is 1. The lowest BCUT2D eigenvalue weighted by Crippen LogP contribution is -2.22. The third-order valence-electron chi connectivity index (χ3n) is 2.71. The van der Waals surface area contributed by atoms with Crippen molar-refractivity contribution < 1.29 is 9.50 Å². The Morgan fingerprint density at radius 3 is 2.44 bits per heavy atom. The molecule has 0 aliphatic carbocycles. The van der Waals surface area contributed by atoms with Gasteiger partial charge in [-0.15, -0.1) is 0 Å². The molecule has 3 N–H and O–H groups in total. The highest BCUT2D eigenvalue weighted by Gasteiger charge is 2.12. The molecule has 90 valence electrons. The van der Waals surface area contributed by atoms with E-state index < -0.39 is 12.7 Å². The van der Waals surface area contributed by atoms with E-state index in [0.29, 0.717) is 5.56 Å². The topological polar surface area (TPSA) is 49.5 Å². The second-order valence-electron chi connectivity index (χ2n) is 3.68.